The highest BCUT2D eigenvalue weighted by Crippen LogP contribution is 2.23. The summed E-state index contributed by atoms with van der Waals surface area (Å²) in [4.78, 5) is 0. The standard InChI is InChI=1S/C10H22O/c1-4-7-10(8-11)9(5-2)6-3/h9-11H,4-8H2,1-3H3. The molecule has 0 bridgehead atoms. The lowest BCUT2D eigenvalue weighted by atomic mass is 9.85. The first-order valence-electron chi connectivity index (χ1n) is 4.90. The summed E-state index contributed by atoms with van der Waals surface area (Å²) in [5.41, 5.74) is 0. The molecule has 0 aromatic rings. The van der Waals surface area contributed by atoms with Crippen LogP contribution < -0.4 is 0 Å². The Morgan fingerprint density at radius 2 is 1.55 bits per heavy atom. The van der Waals surface area contributed by atoms with Gasteiger partial charge >= 0.3 is 0 Å². The summed E-state index contributed by atoms with van der Waals surface area (Å²) in [5, 5.41) is 9.09. The highest BCUT2D eigenvalue weighted by atomic mass is 16.3. The molecule has 1 atom stereocenters. The van der Waals surface area contributed by atoms with Crippen LogP contribution in [0.3, 0.4) is 0 Å². The van der Waals surface area contributed by atoms with Crippen LogP contribution in [0.15, 0.2) is 0 Å². The van der Waals surface area contributed by atoms with Crippen LogP contribution in [0.25, 0.3) is 0 Å². The van der Waals surface area contributed by atoms with Gasteiger partial charge in [-0.05, 0) is 18.3 Å². The van der Waals surface area contributed by atoms with Gasteiger partial charge < -0.3 is 5.11 Å². The van der Waals surface area contributed by atoms with E-state index in [9.17, 15) is 0 Å². The molecule has 0 rings (SSSR count). The summed E-state index contributed by atoms with van der Waals surface area (Å²) >= 11 is 0. The smallest absolute Gasteiger partial charge is 0.0461 e. The van der Waals surface area contributed by atoms with E-state index in [1.807, 2.05) is 0 Å². The Labute approximate surface area is 70.8 Å². The van der Waals surface area contributed by atoms with Crippen molar-refractivity contribution >= 4 is 0 Å². The summed E-state index contributed by atoms with van der Waals surface area (Å²) in [6, 6.07) is 0. The van der Waals surface area contributed by atoms with Gasteiger partial charge in [-0.15, -0.1) is 0 Å². The van der Waals surface area contributed by atoms with Crippen molar-refractivity contribution in [2.24, 2.45) is 11.8 Å². The summed E-state index contributed by atoms with van der Waals surface area (Å²) in [5.74, 6) is 1.29. The van der Waals surface area contributed by atoms with E-state index in [2.05, 4.69) is 20.8 Å². The van der Waals surface area contributed by atoms with Crippen molar-refractivity contribution in [2.75, 3.05) is 6.61 Å². The largest absolute Gasteiger partial charge is 0.396 e. The van der Waals surface area contributed by atoms with E-state index < -0.39 is 0 Å². The second-order valence-electron chi connectivity index (χ2n) is 3.31. The lowest BCUT2D eigenvalue weighted by Crippen LogP contribution is -2.17. The van der Waals surface area contributed by atoms with Crippen molar-refractivity contribution in [2.45, 2.75) is 46.5 Å². The molecule has 1 N–H and O–H groups in total. The zero-order chi connectivity index (χ0) is 8.69. The summed E-state index contributed by atoms with van der Waals surface area (Å²) in [7, 11) is 0. The molecule has 1 nitrogen and oxygen atoms in total. The monoisotopic (exact) mass is 158 g/mol. The predicted molar refractivity (Wildman–Crippen MR) is 49.6 cm³/mol. The van der Waals surface area contributed by atoms with E-state index in [1.165, 1.54) is 25.7 Å². The molecule has 0 radical (unpaired) electrons. The third kappa shape index (κ3) is 3.76. The fourth-order valence-electron chi connectivity index (χ4n) is 1.80. The predicted octanol–water partition coefficient (Wildman–Crippen LogP) is 2.83. The fraction of sp³-hybridized carbons (Fsp3) is 1.00. The number of aliphatic hydroxyl groups is 1. The normalized spacial score (nSPS) is 13.9. The van der Waals surface area contributed by atoms with Crippen LogP contribution in [-0.2, 0) is 0 Å². The molecule has 11 heavy (non-hydrogen) atoms. The SMILES string of the molecule is CCCC(CO)C(CC)CC. The summed E-state index contributed by atoms with van der Waals surface area (Å²) in [6.45, 7) is 6.99. The van der Waals surface area contributed by atoms with Crippen molar-refractivity contribution in [1.29, 1.82) is 0 Å². The highest BCUT2D eigenvalue weighted by molar-refractivity contribution is 4.66. The first kappa shape index (κ1) is 11.0. The van der Waals surface area contributed by atoms with E-state index in [0.717, 1.165) is 5.92 Å². The third-order valence-electron chi connectivity index (χ3n) is 2.61. The number of hydrogen-bond acceptors (Lipinski definition) is 1. The molecule has 1 unspecified atom stereocenters. The quantitative estimate of drug-likeness (QED) is 0.630. The van der Waals surface area contributed by atoms with Crippen molar-refractivity contribution in [3.05, 3.63) is 0 Å². The second kappa shape index (κ2) is 6.66. The topological polar surface area (TPSA) is 20.2 Å². The van der Waals surface area contributed by atoms with E-state index >= 15 is 0 Å². The molecule has 0 amide bonds. The number of aliphatic hydroxyl groups excluding tert-OH is 1. The van der Waals surface area contributed by atoms with Gasteiger partial charge in [0, 0.05) is 6.61 Å². The van der Waals surface area contributed by atoms with Crippen molar-refractivity contribution in [3.63, 3.8) is 0 Å². The minimum absolute atomic E-state index is 0.375. The van der Waals surface area contributed by atoms with E-state index in [-0.39, 0.29) is 0 Å². The molecular formula is C10H22O. The number of hydrogen-bond donors (Lipinski definition) is 1. The second-order valence-corrected chi connectivity index (χ2v) is 3.31. The van der Waals surface area contributed by atoms with Gasteiger partial charge in [0.2, 0.25) is 0 Å². The minimum Gasteiger partial charge on any atom is -0.396 e. The van der Waals surface area contributed by atoms with Crippen LogP contribution in [0.4, 0.5) is 0 Å². The van der Waals surface area contributed by atoms with E-state index in [1.54, 1.807) is 0 Å². The maximum Gasteiger partial charge on any atom is 0.0461 e. The molecule has 68 valence electrons. The molecule has 0 aliphatic carbocycles. The fourth-order valence-corrected chi connectivity index (χ4v) is 1.80. The molecule has 0 heterocycles. The van der Waals surface area contributed by atoms with Gasteiger partial charge in [0.05, 0.1) is 0 Å². The zero-order valence-electron chi connectivity index (χ0n) is 8.14. The van der Waals surface area contributed by atoms with Gasteiger partial charge in [-0.1, -0.05) is 40.0 Å². The zero-order valence-corrected chi connectivity index (χ0v) is 8.14. The molecule has 0 aromatic carbocycles. The van der Waals surface area contributed by atoms with Crippen LogP contribution in [-0.4, -0.2) is 11.7 Å². The molecule has 0 aliphatic heterocycles. The lowest BCUT2D eigenvalue weighted by molar-refractivity contribution is 0.159. The Balaban J connectivity index is 3.76. The molecule has 0 spiro atoms. The van der Waals surface area contributed by atoms with Gasteiger partial charge in [0.25, 0.3) is 0 Å². The Morgan fingerprint density at radius 3 is 1.82 bits per heavy atom. The molecular weight excluding hydrogens is 136 g/mol. The first-order valence-corrected chi connectivity index (χ1v) is 4.90. The Kier molecular flexibility index (Phi) is 6.63. The van der Waals surface area contributed by atoms with Gasteiger partial charge in [-0.2, -0.15) is 0 Å². The van der Waals surface area contributed by atoms with Gasteiger partial charge in [0.1, 0.15) is 0 Å². The first-order chi connectivity index (χ1) is 5.29. The van der Waals surface area contributed by atoms with Gasteiger partial charge in [-0.25, -0.2) is 0 Å². The van der Waals surface area contributed by atoms with Crippen LogP contribution in [0.2, 0.25) is 0 Å². The van der Waals surface area contributed by atoms with Crippen molar-refractivity contribution in [1.82, 2.24) is 0 Å². The van der Waals surface area contributed by atoms with E-state index in [0.29, 0.717) is 12.5 Å². The Hall–Kier alpha value is -0.0400. The molecule has 0 aliphatic rings. The average molecular weight is 158 g/mol. The average Bonchev–Trinajstić information content (AvgIpc) is 2.05. The van der Waals surface area contributed by atoms with Crippen LogP contribution in [0.5, 0.6) is 0 Å². The molecule has 0 saturated carbocycles. The van der Waals surface area contributed by atoms with Gasteiger partial charge in [0.15, 0.2) is 0 Å². The van der Waals surface area contributed by atoms with Crippen LogP contribution in [0, 0.1) is 11.8 Å². The van der Waals surface area contributed by atoms with Crippen molar-refractivity contribution < 1.29 is 5.11 Å². The molecule has 0 saturated heterocycles. The van der Waals surface area contributed by atoms with Crippen LogP contribution in [0.1, 0.15) is 46.5 Å². The van der Waals surface area contributed by atoms with Crippen LogP contribution >= 0.6 is 0 Å². The molecule has 1 heteroatoms. The Bertz CT molecular complexity index is 76.9. The van der Waals surface area contributed by atoms with E-state index in [4.69, 9.17) is 5.11 Å². The minimum atomic E-state index is 0.375. The number of rotatable bonds is 6. The van der Waals surface area contributed by atoms with Crippen molar-refractivity contribution in [3.8, 4) is 0 Å². The Morgan fingerprint density at radius 1 is 1.00 bits per heavy atom. The highest BCUT2D eigenvalue weighted by Gasteiger charge is 2.15. The van der Waals surface area contributed by atoms with Gasteiger partial charge in [-0.3, -0.25) is 0 Å². The maximum atomic E-state index is 9.09. The molecule has 0 aromatic heterocycles. The molecule has 0 fully saturated rings. The lowest BCUT2D eigenvalue weighted by Gasteiger charge is -2.22. The maximum absolute atomic E-state index is 9.09. The summed E-state index contributed by atoms with van der Waals surface area (Å²) < 4.78 is 0. The summed E-state index contributed by atoms with van der Waals surface area (Å²) in [6.07, 6.45) is 4.80. The third-order valence-corrected chi connectivity index (χ3v) is 2.61.